The molecule has 6 nitrogen and oxygen atoms in total. The van der Waals surface area contributed by atoms with Crippen molar-refractivity contribution in [2.24, 2.45) is 5.41 Å². The molecule has 1 spiro atoms. The third-order valence-corrected chi connectivity index (χ3v) is 11.2. The van der Waals surface area contributed by atoms with Gasteiger partial charge in [-0.25, -0.2) is 13.8 Å². The number of hydrogen-bond acceptors (Lipinski definition) is 4. The molecule has 0 amide bonds. The van der Waals surface area contributed by atoms with E-state index in [4.69, 9.17) is 4.74 Å². The molecule has 0 radical (unpaired) electrons. The first kappa shape index (κ1) is 30.5. The van der Waals surface area contributed by atoms with E-state index in [0.29, 0.717) is 29.8 Å². The summed E-state index contributed by atoms with van der Waals surface area (Å²) in [5, 5.41) is 10.2. The Bertz CT molecular complexity index is 1910. The van der Waals surface area contributed by atoms with E-state index < -0.39 is 23.0 Å². The van der Waals surface area contributed by atoms with Crippen LogP contribution >= 0.6 is 11.8 Å². The number of aromatic amines is 2. The number of rotatable bonds is 4. The summed E-state index contributed by atoms with van der Waals surface area (Å²) in [6, 6.07) is 16.0. The lowest BCUT2D eigenvalue weighted by Crippen LogP contribution is -2.25. The fourth-order valence-corrected chi connectivity index (χ4v) is 8.23. The fourth-order valence-electron chi connectivity index (χ4n) is 6.87. The fraction of sp³-hybridized carbons (Fsp3) is 0.351. The molecule has 4 bridgehead atoms. The van der Waals surface area contributed by atoms with Crippen molar-refractivity contribution < 1.29 is 23.4 Å². The van der Waals surface area contributed by atoms with Gasteiger partial charge in [0.2, 0.25) is 0 Å². The van der Waals surface area contributed by atoms with Gasteiger partial charge in [-0.3, -0.25) is 4.79 Å². The first-order valence-corrected chi connectivity index (χ1v) is 17.1. The highest BCUT2D eigenvalue weighted by Gasteiger charge is 2.42. The Morgan fingerprint density at radius 2 is 1.93 bits per heavy atom. The van der Waals surface area contributed by atoms with Crippen LogP contribution in [0.2, 0.25) is 0 Å². The van der Waals surface area contributed by atoms with Gasteiger partial charge in [0.25, 0.3) is 0 Å². The van der Waals surface area contributed by atoms with Crippen LogP contribution in [0.5, 0.6) is 11.5 Å². The number of imidazole rings is 1. The summed E-state index contributed by atoms with van der Waals surface area (Å²) in [6.45, 7) is 2.19. The molecule has 5 aromatic rings. The number of nitrogens with zero attached hydrogens (tertiary/aromatic N) is 1. The van der Waals surface area contributed by atoms with Gasteiger partial charge in [-0.2, -0.15) is 11.8 Å². The quantitative estimate of drug-likeness (QED) is 0.182. The highest BCUT2D eigenvalue weighted by atomic mass is 32.2. The number of H-pyrrole nitrogens is 2. The van der Waals surface area contributed by atoms with E-state index in [1.54, 1.807) is 12.3 Å². The van der Waals surface area contributed by atoms with E-state index in [0.717, 1.165) is 64.1 Å². The predicted molar refractivity (Wildman–Crippen MR) is 178 cm³/mol. The first-order chi connectivity index (χ1) is 22.2. The van der Waals surface area contributed by atoms with Crippen molar-refractivity contribution >= 4 is 28.6 Å². The average Bonchev–Trinajstić information content (AvgIpc) is 3.39. The minimum Gasteiger partial charge on any atom is -0.481 e. The summed E-state index contributed by atoms with van der Waals surface area (Å²) in [5.74, 6) is 1.01. The Morgan fingerprint density at radius 1 is 1.07 bits per heavy atom. The number of benzene rings is 3. The second-order valence-corrected chi connectivity index (χ2v) is 14.2. The molecule has 3 aromatic carbocycles. The van der Waals surface area contributed by atoms with Crippen molar-refractivity contribution in [2.75, 3.05) is 11.5 Å². The number of aliphatic carboxylic acids is 1. The molecule has 9 heteroatoms. The molecule has 1 saturated carbocycles. The summed E-state index contributed by atoms with van der Waals surface area (Å²) in [7, 11) is 0. The van der Waals surface area contributed by atoms with Crippen molar-refractivity contribution in [3.8, 4) is 22.9 Å². The second kappa shape index (κ2) is 12.2. The Morgan fingerprint density at radius 3 is 2.76 bits per heavy atom. The topological polar surface area (TPSA) is 91.0 Å². The van der Waals surface area contributed by atoms with Crippen LogP contribution in [-0.4, -0.2) is 37.5 Å². The zero-order chi connectivity index (χ0) is 31.9. The van der Waals surface area contributed by atoms with E-state index in [-0.39, 0.29) is 17.7 Å². The van der Waals surface area contributed by atoms with Crippen LogP contribution in [0, 0.1) is 17.0 Å². The molecule has 238 valence electrons. The number of hydrogen-bond donors (Lipinski definition) is 3. The summed E-state index contributed by atoms with van der Waals surface area (Å²) in [5.41, 5.74) is 4.51. The van der Waals surface area contributed by atoms with Gasteiger partial charge in [0.15, 0.2) is 11.6 Å². The number of carbonyl (C=O) groups is 1. The molecule has 1 unspecified atom stereocenters. The number of thioether (sulfide) groups is 1. The molecule has 0 saturated heterocycles. The number of fused-ring (bicyclic) bond motifs is 8. The van der Waals surface area contributed by atoms with Gasteiger partial charge in [-0.05, 0) is 97.8 Å². The third kappa shape index (κ3) is 6.05. The summed E-state index contributed by atoms with van der Waals surface area (Å²) >= 11 is 1.92. The van der Waals surface area contributed by atoms with Crippen LogP contribution in [0.25, 0.3) is 22.3 Å². The molecule has 46 heavy (non-hydrogen) atoms. The monoisotopic (exact) mass is 641 g/mol. The number of aryl methyl sites for hydroxylation is 2. The van der Waals surface area contributed by atoms with Gasteiger partial charge in [0.1, 0.15) is 17.4 Å². The minimum absolute atomic E-state index is 0.0662. The van der Waals surface area contributed by atoms with Crippen LogP contribution in [0.3, 0.4) is 0 Å². The molecule has 3 N–H and O–H groups in total. The Labute approximate surface area is 271 Å². The van der Waals surface area contributed by atoms with Gasteiger partial charge in [-0.1, -0.05) is 30.7 Å². The van der Waals surface area contributed by atoms with E-state index in [1.165, 1.54) is 31.0 Å². The Kier molecular flexibility index (Phi) is 8.13. The number of ether oxygens (including phenoxy) is 1. The highest BCUT2D eigenvalue weighted by molar-refractivity contribution is 7.99. The standard InChI is InChI=1S/C37H37F2N3O3S/c1-36(24-5-2-4-23(18-24)6-9-33(43)44)12-3-13-37(14-15-37)22-46-17-11-27-26-10-16-40-31(26)20-30(39)34(27)45-25-7-8-29(38)28(19-25)35-41-21-32(36)42-35/h2,4-5,7-8,10,16,18-21,40H,3,6,9,11-15,17,22H2,1H3,(H,41,42)(H,43,44). The Balaban J connectivity index is 1.30. The zero-order valence-corrected chi connectivity index (χ0v) is 26.6. The van der Waals surface area contributed by atoms with Gasteiger partial charge < -0.3 is 19.8 Å². The largest absolute Gasteiger partial charge is 0.481 e. The molecular formula is C37H37F2N3O3S. The van der Waals surface area contributed by atoms with Crippen molar-refractivity contribution in [3.63, 3.8) is 0 Å². The molecule has 1 aliphatic heterocycles. The van der Waals surface area contributed by atoms with Crippen molar-refractivity contribution in [3.05, 3.63) is 101 Å². The molecule has 1 fully saturated rings. The van der Waals surface area contributed by atoms with Crippen LogP contribution < -0.4 is 4.74 Å². The molecular weight excluding hydrogens is 604 g/mol. The first-order valence-electron chi connectivity index (χ1n) is 15.9. The summed E-state index contributed by atoms with van der Waals surface area (Å²) < 4.78 is 37.2. The molecule has 1 aliphatic carbocycles. The van der Waals surface area contributed by atoms with Gasteiger partial charge in [0, 0.05) is 52.5 Å². The minimum atomic E-state index is -0.823. The van der Waals surface area contributed by atoms with Gasteiger partial charge in [0.05, 0.1) is 5.56 Å². The normalized spacial score (nSPS) is 19.6. The van der Waals surface area contributed by atoms with Crippen LogP contribution in [0.15, 0.2) is 67.0 Å². The second-order valence-electron chi connectivity index (χ2n) is 13.1. The van der Waals surface area contributed by atoms with Crippen molar-refractivity contribution in [2.45, 2.75) is 63.7 Å². The maximum absolute atomic E-state index is 15.6. The van der Waals surface area contributed by atoms with E-state index >= 15 is 8.78 Å². The maximum atomic E-state index is 15.6. The van der Waals surface area contributed by atoms with Crippen LogP contribution in [-0.2, 0) is 23.1 Å². The summed E-state index contributed by atoms with van der Waals surface area (Å²) in [4.78, 5) is 22.5. The number of carboxylic acid groups (broad SMARTS) is 1. The number of halogens is 2. The smallest absolute Gasteiger partial charge is 0.303 e. The lowest BCUT2D eigenvalue weighted by atomic mass is 9.74. The molecule has 7 rings (SSSR count). The van der Waals surface area contributed by atoms with Crippen LogP contribution in [0.4, 0.5) is 8.78 Å². The SMILES string of the molecule is CC1(c2cccc(CCC(=O)O)c2)CCCC2(CC2)CSCCc2c(c(F)cc3[nH]ccc23)Oc2ccc(F)c(c2)-c2ncc1[nH]2. The summed E-state index contributed by atoms with van der Waals surface area (Å²) in [6.07, 6.45) is 10.1. The van der Waals surface area contributed by atoms with Gasteiger partial charge >= 0.3 is 5.97 Å². The number of nitrogens with one attached hydrogen (secondary N) is 2. The van der Waals surface area contributed by atoms with Crippen molar-refractivity contribution in [1.82, 2.24) is 15.0 Å². The van der Waals surface area contributed by atoms with E-state index in [2.05, 4.69) is 34.0 Å². The highest BCUT2D eigenvalue weighted by Crippen LogP contribution is 2.53. The van der Waals surface area contributed by atoms with Crippen molar-refractivity contribution in [1.29, 1.82) is 0 Å². The molecule has 1 atom stereocenters. The lowest BCUT2D eigenvalue weighted by molar-refractivity contribution is -0.136. The number of carboxylic acids is 1. The van der Waals surface area contributed by atoms with E-state index in [1.807, 2.05) is 36.2 Å². The predicted octanol–water partition coefficient (Wildman–Crippen LogP) is 9.19. The molecule has 3 heterocycles. The molecule has 2 aliphatic rings. The van der Waals surface area contributed by atoms with E-state index in [9.17, 15) is 9.90 Å². The Hall–Kier alpha value is -4.11. The average molecular weight is 642 g/mol. The molecule has 2 aromatic heterocycles. The zero-order valence-electron chi connectivity index (χ0n) is 25.8. The lowest BCUT2D eigenvalue weighted by Gasteiger charge is -2.30. The van der Waals surface area contributed by atoms with Gasteiger partial charge in [-0.15, -0.1) is 0 Å². The number of aromatic nitrogens is 3. The third-order valence-electron chi connectivity index (χ3n) is 9.89. The van der Waals surface area contributed by atoms with Crippen LogP contribution in [0.1, 0.15) is 67.8 Å². The maximum Gasteiger partial charge on any atom is 0.303 e.